The quantitative estimate of drug-likeness (QED) is 0.586. The zero-order valence-electron chi connectivity index (χ0n) is 10.1. The highest BCUT2D eigenvalue weighted by molar-refractivity contribution is 7.80. The lowest BCUT2D eigenvalue weighted by Gasteiger charge is -2.18. The second-order valence-corrected chi connectivity index (χ2v) is 4.97. The van der Waals surface area contributed by atoms with Crippen LogP contribution in [-0.2, 0) is 4.79 Å². The van der Waals surface area contributed by atoms with Gasteiger partial charge in [-0.1, -0.05) is 25.2 Å². The van der Waals surface area contributed by atoms with Gasteiger partial charge in [-0.3, -0.25) is 4.79 Å². The number of rotatable bonds is 5. The van der Waals surface area contributed by atoms with Crippen LogP contribution in [0.1, 0.15) is 32.1 Å². The van der Waals surface area contributed by atoms with Crippen molar-refractivity contribution < 1.29 is 4.79 Å². The Morgan fingerprint density at radius 2 is 2.18 bits per heavy atom. The van der Waals surface area contributed by atoms with E-state index in [0.717, 1.165) is 61.2 Å². The third-order valence-electron chi connectivity index (χ3n) is 3.36. The van der Waals surface area contributed by atoms with E-state index in [9.17, 15) is 4.79 Å². The highest BCUT2D eigenvalue weighted by Gasteiger charge is 2.32. The van der Waals surface area contributed by atoms with Gasteiger partial charge in [-0.25, -0.2) is 0 Å². The van der Waals surface area contributed by atoms with E-state index in [1.165, 1.54) is 0 Å². The summed E-state index contributed by atoms with van der Waals surface area (Å²) in [6.07, 6.45) is 9.30. The van der Waals surface area contributed by atoms with E-state index in [1.807, 2.05) is 11.0 Å². The average molecular weight is 249 g/mol. The minimum atomic E-state index is 0.145. The molecule has 0 spiro atoms. The molecule has 1 heterocycles. The maximum absolute atomic E-state index is 12.2. The van der Waals surface area contributed by atoms with Crippen LogP contribution < -0.4 is 0 Å². The van der Waals surface area contributed by atoms with Crippen molar-refractivity contribution in [3.8, 4) is 0 Å². The average Bonchev–Trinajstić information content (AvgIpc) is 2.60. The molecule has 0 aromatic carbocycles. The summed E-state index contributed by atoms with van der Waals surface area (Å²) in [5.74, 6) is 1.07. The molecule has 2 rings (SSSR count). The number of hydrogen-bond donors (Lipinski definition) is 1. The van der Waals surface area contributed by atoms with Gasteiger partial charge in [0.2, 0.25) is 0 Å². The Morgan fingerprint density at radius 3 is 2.88 bits per heavy atom. The van der Waals surface area contributed by atoms with Crippen molar-refractivity contribution in [2.45, 2.75) is 32.1 Å². The molecule has 0 saturated heterocycles. The van der Waals surface area contributed by atoms with Crippen LogP contribution in [0.4, 0.5) is 0 Å². The van der Waals surface area contributed by atoms with Gasteiger partial charge in [0.25, 0.3) is 5.91 Å². The molecule has 1 aliphatic heterocycles. The van der Waals surface area contributed by atoms with Crippen LogP contribution >= 0.6 is 12.6 Å². The van der Waals surface area contributed by atoms with Crippen molar-refractivity contribution in [2.24, 2.45) is 0 Å². The van der Waals surface area contributed by atoms with Crippen LogP contribution in [-0.4, -0.2) is 23.1 Å². The number of amides is 1. The fourth-order valence-corrected chi connectivity index (χ4v) is 2.61. The zero-order valence-corrected chi connectivity index (χ0v) is 11.0. The van der Waals surface area contributed by atoms with E-state index in [0.29, 0.717) is 0 Å². The maximum Gasteiger partial charge on any atom is 0.258 e. The highest BCUT2D eigenvalue weighted by atomic mass is 32.1. The highest BCUT2D eigenvalue weighted by Crippen LogP contribution is 2.34. The van der Waals surface area contributed by atoms with Crippen molar-refractivity contribution in [3.63, 3.8) is 0 Å². The van der Waals surface area contributed by atoms with Gasteiger partial charge >= 0.3 is 0 Å². The number of carbonyl (C=O) groups excluding carboxylic acids is 1. The third kappa shape index (κ3) is 2.49. The lowest BCUT2D eigenvalue weighted by molar-refractivity contribution is -0.124. The Labute approximate surface area is 108 Å². The van der Waals surface area contributed by atoms with Gasteiger partial charge in [-0.2, -0.15) is 12.6 Å². The third-order valence-corrected chi connectivity index (χ3v) is 3.68. The summed E-state index contributed by atoms with van der Waals surface area (Å²) in [5, 5.41) is 0. The molecule has 0 radical (unpaired) electrons. The molecule has 1 amide bonds. The van der Waals surface area contributed by atoms with Crippen molar-refractivity contribution in [1.82, 2.24) is 4.90 Å². The summed E-state index contributed by atoms with van der Waals surface area (Å²) < 4.78 is 0. The molecule has 0 fully saturated rings. The molecule has 0 saturated carbocycles. The Hall–Kier alpha value is -0.960. The van der Waals surface area contributed by atoms with E-state index in [2.05, 4.69) is 25.3 Å². The van der Waals surface area contributed by atoms with Gasteiger partial charge in [0.05, 0.1) is 0 Å². The molecule has 0 bridgehead atoms. The number of carbonyl (C=O) groups is 1. The van der Waals surface area contributed by atoms with Gasteiger partial charge in [0.15, 0.2) is 0 Å². The molecule has 3 heteroatoms. The van der Waals surface area contributed by atoms with E-state index in [4.69, 9.17) is 0 Å². The number of nitrogens with zero attached hydrogens (tertiary/aromatic N) is 1. The number of thiol groups is 1. The van der Waals surface area contributed by atoms with E-state index in [1.54, 1.807) is 0 Å². The topological polar surface area (TPSA) is 20.3 Å². The number of hydrogen-bond acceptors (Lipinski definition) is 2. The van der Waals surface area contributed by atoms with Gasteiger partial charge in [-0.05, 0) is 37.0 Å². The minimum absolute atomic E-state index is 0.145. The first-order valence-corrected chi connectivity index (χ1v) is 6.90. The van der Waals surface area contributed by atoms with Crippen molar-refractivity contribution in [2.75, 3.05) is 12.3 Å². The van der Waals surface area contributed by atoms with Crippen LogP contribution in [0.25, 0.3) is 0 Å². The van der Waals surface area contributed by atoms with Crippen LogP contribution in [0.3, 0.4) is 0 Å². The first-order chi connectivity index (χ1) is 8.25. The Kier molecular flexibility index (Phi) is 4.11. The predicted octanol–water partition coefficient (Wildman–Crippen LogP) is 3.09. The molecule has 1 aliphatic carbocycles. The molecule has 0 unspecified atom stereocenters. The molecule has 0 N–H and O–H groups in total. The molecular formula is C14H19NOS. The Morgan fingerprint density at radius 1 is 1.35 bits per heavy atom. The Bertz CT molecular complexity index is 395. The summed E-state index contributed by atoms with van der Waals surface area (Å²) in [6.45, 7) is 4.87. The van der Waals surface area contributed by atoms with Crippen molar-refractivity contribution in [3.05, 3.63) is 35.6 Å². The summed E-state index contributed by atoms with van der Waals surface area (Å²) in [5.41, 5.74) is 2.96. The summed E-state index contributed by atoms with van der Waals surface area (Å²) in [7, 11) is 0. The molecule has 92 valence electrons. The van der Waals surface area contributed by atoms with Gasteiger partial charge < -0.3 is 4.90 Å². The second kappa shape index (κ2) is 5.58. The first-order valence-electron chi connectivity index (χ1n) is 6.27. The van der Waals surface area contributed by atoms with Gasteiger partial charge in [0.1, 0.15) is 0 Å². The standard InChI is InChI=1S/C14H19NOS/c1-11-12-7-3-4-8-13(12)14(16)15(11)9-5-2-6-10-17/h4,8,17H,1-3,5-7,9-10H2. The summed E-state index contributed by atoms with van der Waals surface area (Å²) >= 11 is 4.19. The summed E-state index contributed by atoms with van der Waals surface area (Å²) in [4.78, 5) is 14.0. The van der Waals surface area contributed by atoms with E-state index in [-0.39, 0.29) is 5.91 Å². The molecule has 0 aromatic heterocycles. The van der Waals surface area contributed by atoms with E-state index >= 15 is 0 Å². The van der Waals surface area contributed by atoms with Crippen molar-refractivity contribution in [1.29, 1.82) is 0 Å². The zero-order chi connectivity index (χ0) is 12.3. The maximum atomic E-state index is 12.2. The van der Waals surface area contributed by atoms with Crippen LogP contribution in [0.2, 0.25) is 0 Å². The Balaban J connectivity index is 1.96. The van der Waals surface area contributed by atoms with Crippen LogP contribution in [0.5, 0.6) is 0 Å². The van der Waals surface area contributed by atoms with Crippen LogP contribution in [0.15, 0.2) is 35.6 Å². The fourth-order valence-electron chi connectivity index (χ4n) is 2.39. The SMILES string of the molecule is C=C1C2=C(C=CCC2)C(=O)N1CCCCCS. The number of unbranched alkanes of at least 4 members (excludes halogenated alkanes) is 2. The fraction of sp³-hybridized carbons (Fsp3) is 0.500. The minimum Gasteiger partial charge on any atom is -0.309 e. The summed E-state index contributed by atoms with van der Waals surface area (Å²) in [6, 6.07) is 0. The predicted molar refractivity (Wildman–Crippen MR) is 74.0 cm³/mol. The lowest BCUT2D eigenvalue weighted by atomic mass is 9.99. The van der Waals surface area contributed by atoms with Gasteiger partial charge in [0, 0.05) is 17.8 Å². The van der Waals surface area contributed by atoms with Crippen molar-refractivity contribution >= 4 is 18.5 Å². The molecule has 0 aromatic rings. The lowest BCUT2D eigenvalue weighted by Crippen LogP contribution is -2.26. The van der Waals surface area contributed by atoms with E-state index < -0.39 is 0 Å². The smallest absolute Gasteiger partial charge is 0.258 e. The molecular weight excluding hydrogens is 230 g/mol. The van der Waals surface area contributed by atoms with Gasteiger partial charge in [-0.15, -0.1) is 0 Å². The normalized spacial score (nSPS) is 19.2. The molecule has 17 heavy (non-hydrogen) atoms. The van der Waals surface area contributed by atoms with Crippen LogP contribution in [0, 0.1) is 0 Å². The number of allylic oxidation sites excluding steroid dienone is 2. The monoisotopic (exact) mass is 249 g/mol. The molecule has 2 aliphatic rings. The molecule has 2 nitrogen and oxygen atoms in total. The molecule has 0 atom stereocenters. The largest absolute Gasteiger partial charge is 0.309 e. The first kappa shape index (κ1) is 12.5. The second-order valence-electron chi connectivity index (χ2n) is 4.52.